The highest BCUT2D eigenvalue weighted by molar-refractivity contribution is 7.10. The maximum Gasteiger partial charge on any atom is 0.258 e. The number of hydrogen-bond donors (Lipinski definition) is 0. The standard InChI is InChI=1S/C22H20FNO3S/c1-26-16-7-8-17(19(13-16)27-2)22(25)24-11-9-20-18(10-12-28-20)21(24)14-3-5-15(23)6-4-14/h3-8,10,12-13,21H,9,11H2,1-2H3/t21-/m1/s1. The van der Waals surface area contributed by atoms with Crippen molar-refractivity contribution in [1.82, 2.24) is 4.90 Å². The lowest BCUT2D eigenvalue weighted by Gasteiger charge is -2.36. The molecule has 0 fully saturated rings. The van der Waals surface area contributed by atoms with Crippen LogP contribution in [0.5, 0.6) is 11.5 Å². The van der Waals surface area contributed by atoms with Gasteiger partial charge in [-0.2, -0.15) is 0 Å². The van der Waals surface area contributed by atoms with Gasteiger partial charge in [0.15, 0.2) is 0 Å². The highest BCUT2D eigenvalue weighted by atomic mass is 32.1. The van der Waals surface area contributed by atoms with Gasteiger partial charge in [0.1, 0.15) is 17.3 Å². The van der Waals surface area contributed by atoms with Crippen molar-refractivity contribution in [3.05, 3.63) is 81.3 Å². The molecule has 0 bridgehead atoms. The summed E-state index contributed by atoms with van der Waals surface area (Å²) in [5.41, 5.74) is 2.47. The minimum atomic E-state index is -0.292. The summed E-state index contributed by atoms with van der Waals surface area (Å²) in [6.07, 6.45) is 0.801. The molecular formula is C22H20FNO3S. The molecule has 0 saturated carbocycles. The van der Waals surface area contributed by atoms with E-state index < -0.39 is 0 Å². The van der Waals surface area contributed by atoms with Crippen LogP contribution in [0.3, 0.4) is 0 Å². The van der Waals surface area contributed by atoms with Crippen molar-refractivity contribution in [2.75, 3.05) is 20.8 Å². The number of thiophene rings is 1. The maximum absolute atomic E-state index is 13.5. The van der Waals surface area contributed by atoms with Crippen molar-refractivity contribution in [1.29, 1.82) is 0 Å². The Bertz CT molecular complexity index is 999. The molecule has 1 atom stereocenters. The number of ether oxygens (including phenoxy) is 2. The van der Waals surface area contributed by atoms with Gasteiger partial charge < -0.3 is 14.4 Å². The van der Waals surface area contributed by atoms with Crippen molar-refractivity contribution in [3.8, 4) is 11.5 Å². The number of benzene rings is 2. The topological polar surface area (TPSA) is 38.8 Å². The summed E-state index contributed by atoms with van der Waals surface area (Å²) in [5.74, 6) is 0.686. The van der Waals surface area contributed by atoms with Crippen molar-refractivity contribution in [2.45, 2.75) is 12.5 Å². The number of fused-ring (bicyclic) bond motifs is 1. The molecule has 28 heavy (non-hydrogen) atoms. The van der Waals surface area contributed by atoms with Gasteiger partial charge in [-0.3, -0.25) is 4.79 Å². The second-order valence-electron chi connectivity index (χ2n) is 6.57. The van der Waals surface area contributed by atoms with Gasteiger partial charge in [0.25, 0.3) is 5.91 Å². The second kappa shape index (κ2) is 7.64. The van der Waals surface area contributed by atoms with Crippen LogP contribution in [0.2, 0.25) is 0 Å². The van der Waals surface area contributed by atoms with E-state index in [4.69, 9.17) is 9.47 Å². The largest absolute Gasteiger partial charge is 0.497 e. The average molecular weight is 397 g/mol. The highest BCUT2D eigenvalue weighted by Gasteiger charge is 2.34. The number of amides is 1. The van der Waals surface area contributed by atoms with E-state index >= 15 is 0 Å². The van der Waals surface area contributed by atoms with Gasteiger partial charge in [0.2, 0.25) is 0 Å². The molecule has 1 aliphatic rings. The summed E-state index contributed by atoms with van der Waals surface area (Å²) in [6.45, 7) is 0.587. The van der Waals surface area contributed by atoms with E-state index in [1.807, 2.05) is 10.3 Å². The predicted octanol–water partition coefficient (Wildman–Crippen LogP) is 4.69. The quantitative estimate of drug-likeness (QED) is 0.641. The van der Waals surface area contributed by atoms with Crippen molar-refractivity contribution >= 4 is 17.2 Å². The number of carbonyl (C=O) groups is 1. The second-order valence-corrected chi connectivity index (χ2v) is 7.57. The molecule has 144 valence electrons. The zero-order valence-corrected chi connectivity index (χ0v) is 16.5. The van der Waals surface area contributed by atoms with Crippen molar-refractivity contribution in [2.24, 2.45) is 0 Å². The van der Waals surface area contributed by atoms with Gasteiger partial charge in [-0.25, -0.2) is 4.39 Å². The molecule has 4 nitrogen and oxygen atoms in total. The fourth-order valence-electron chi connectivity index (χ4n) is 3.67. The van der Waals surface area contributed by atoms with Crippen LogP contribution in [0.25, 0.3) is 0 Å². The van der Waals surface area contributed by atoms with E-state index in [-0.39, 0.29) is 17.8 Å². The summed E-state index contributed by atoms with van der Waals surface area (Å²) >= 11 is 1.70. The molecule has 0 spiro atoms. The van der Waals surface area contributed by atoms with Crippen LogP contribution < -0.4 is 9.47 Å². The molecule has 4 rings (SSSR count). The molecule has 2 aromatic carbocycles. The number of hydrogen-bond acceptors (Lipinski definition) is 4. The molecule has 0 aliphatic carbocycles. The van der Waals surface area contributed by atoms with Gasteiger partial charge in [-0.15, -0.1) is 11.3 Å². The maximum atomic E-state index is 13.5. The van der Waals surface area contributed by atoms with Crippen LogP contribution in [0.15, 0.2) is 53.9 Å². The highest BCUT2D eigenvalue weighted by Crippen LogP contribution is 2.39. The minimum Gasteiger partial charge on any atom is -0.497 e. The third-order valence-electron chi connectivity index (χ3n) is 5.05. The summed E-state index contributed by atoms with van der Waals surface area (Å²) in [4.78, 5) is 16.6. The van der Waals surface area contributed by atoms with Crippen LogP contribution in [0, 0.1) is 5.82 Å². The van der Waals surface area contributed by atoms with Crippen LogP contribution in [0.1, 0.15) is 32.4 Å². The van der Waals surface area contributed by atoms with Crippen molar-refractivity contribution in [3.63, 3.8) is 0 Å². The molecule has 0 N–H and O–H groups in total. The predicted molar refractivity (Wildman–Crippen MR) is 107 cm³/mol. The van der Waals surface area contributed by atoms with Crippen LogP contribution in [-0.4, -0.2) is 31.6 Å². The monoisotopic (exact) mass is 397 g/mol. The zero-order chi connectivity index (χ0) is 19.7. The molecule has 2 heterocycles. The third-order valence-corrected chi connectivity index (χ3v) is 6.05. The molecule has 1 amide bonds. The molecular weight excluding hydrogens is 377 g/mol. The van der Waals surface area contributed by atoms with Crippen molar-refractivity contribution < 1.29 is 18.7 Å². The van der Waals surface area contributed by atoms with E-state index in [0.717, 1.165) is 17.5 Å². The van der Waals surface area contributed by atoms with Crippen LogP contribution in [0.4, 0.5) is 4.39 Å². The lowest BCUT2D eigenvalue weighted by atomic mass is 9.92. The van der Waals surface area contributed by atoms with Gasteiger partial charge in [-0.1, -0.05) is 12.1 Å². The smallest absolute Gasteiger partial charge is 0.258 e. The Hall–Kier alpha value is -2.86. The Labute approximate surface area is 167 Å². The molecule has 1 aromatic heterocycles. The SMILES string of the molecule is COc1ccc(C(=O)N2CCc3sccc3[C@H]2c2ccc(F)cc2)c(OC)c1. The number of halogens is 1. The summed E-state index contributed by atoms with van der Waals surface area (Å²) in [5, 5.41) is 2.04. The Balaban J connectivity index is 1.77. The third kappa shape index (κ3) is 3.24. The Morgan fingerprint density at radius 1 is 1.11 bits per heavy atom. The van der Waals surface area contributed by atoms with E-state index in [1.54, 1.807) is 48.8 Å². The fourth-order valence-corrected chi connectivity index (χ4v) is 4.57. The Kier molecular flexibility index (Phi) is 5.05. The molecule has 0 saturated heterocycles. The number of nitrogens with zero attached hydrogens (tertiary/aromatic N) is 1. The molecule has 1 aliphatic heterocycles. The molecule has 0 radical (unpaired) electrons. The summed E-state index contributed by atoms with van der Waals surface area (Å²) in [6, 6.07) is 13.4. The van der Waals surface area contributed by atoms with Gasteiger partial charge in [-0.05, 0) is 53.3 Å². The van der Waals surface area contributed by atoms with E-state index in [2.05, 4.69) is 6.07 Å². The lowest BCUT2D eigenvalue weighted by molar-refractivity contribution is 0.0692. The average Bonchev–Trinajstić information content (AvgIpc) is 3.21. The molecule has 3 aromatic rings. The first kappa shape index (κ1) is 18.5. The van der Waals surface area contributed by atoms with Crippen LogP contribution in [-0.2, 0) is 6.42 Å². The van der Waals surface area contributed by atoms with Gasteiger partial charge in [0, 0.05) is 17.5 Å². The Morgan fingerprint density at radius 2 is 1.89 bits per heavy atom. The summed E-state index contributed by atoms with van der Waals surface area (Å²) in [7, 11) is 3.11. The Morgan fingerprint density at radius 3 is 2.61 bits per heavy atom. The van der Waals surface area contributed by atoms with Gasteiger partial charge in [0.05, 0.1) is 25.8 Å². The number of methoxy groups -OCH3 is 2. The normalized spacial score (nSPS) is 15.8. The minimum absolute atomic E-state index is 0.120. The lowest BCUT2D eigenvalue weighted by Crippen LogP contribution is -2.40. The molecule has 0 unspecified atom stereocenters. The van der Waals surface area contributed by atoms with Gasteiger partial charge >= 0.3 is 0 Å². The van der Waals surface area contributed by atoms with E-state index in [0.29, 0.717) is 23.6 Å². The van der Waals surface area contributed by atoms with E-state index in [9.17, 15) is 9.18 Å². The van der Waals surface area contributed by atoms with Crippen LogP contribution >= 0.6 is 11.3 Å². The first-order valence-corrected chi connectivity index (χ1v) is 9.85. The number of carbonyl (C=O) groups excluding carboxylic acids is 1. The zero-order valence-electron chi connectivity index (χ0n) is 15.6. The first-order chi connectivity index (χ1) is 13.6. The summed E-state index contributed by atoms with van der Waals surface area (Å²) < 4.78 is 24.1. The molecule has 6 heteroatoms. The first-order valence-electron chi connectivity index (χ1n) is 8.97. The number of rotatable bonds is 4. The van der Waals surface area contributed by atoms with E-state index in [1.165, 1.54) is 24.1 Å². The fraction of sp³-hybridized carbons (Fsp3) is 0.227.